The second-order valence-corrected chi connectivity index (χ2v) is 18.7. The monoisotopic (exact) mass is 997 g/mol. The standard InChI is InChI=1S/C50H43Cl2F6N3O8/c1-8-26-10-9-11-29(16-26)61-44-30-21-40(64-12-14-66-45(62)31-17-27-19-35(51)33(47(2,3)4)22-38(27)68-42(31)49(53,54)55)41(24-37(30)59-25-60-44)65-13-15-67-46(63)32-18-28-20-36(52)34(48(5,6)7)23-39(28)69-43(32)50(56,57)58/h1,9-11,16-25,42-43H,12-15H2,2-7H3,(H,59,60,61). The van der Waals surface area contributed by atoms with Gasteiger partial charge in [-0.3, -0.25) is 0 Å². The SMILES string of the molecule is C#Cc1cccc(Nc2ncnc3cc(OCCOC(=O)C4=Cc5cc(Cl)c(C(C)(C)C)cc5OC4C(F)(F)F)c(OCCOC(=O)C4=Cc5cc(Cl)c(C(C)(C)C)cc5OC4C(F)(F)F)cc23)c1. The summed E-state index contributed by atoms with van der Waals surface area (Å²) in [6, 6.07) is 15.5. The molecule has 3 heterocycles. The molecule has 0 aliphatic carbocycles. The van der Waals surface area contributed by atoms with Gasteiger partial charge in [0, 0.05) is 43.9 Å². The molecule has 2 unspecified atom stereocenters. The van der Waals surface area contributed by atoms with Gasteiger partial charge in [0.05, 0.1) is 16.7 Å². The first-order valence-electron chi connectivity index (χ1n) is 21.1. The van der Waals surface area contributed by atoms with Gasteiger partial charge in [-0.2, -0.15) is 26.3 Å². The highest BCUT2D eigenvalue weighted by atomic mass is 35.5. The maximum atomic E-state index is 14.3. The molecular formula is C50H43Cl2F6N3O8. The highest BCUT2D eigenvalue weighted by molar-refractivity contribution is 6.32. The van der Waals surface area contributed by atoms with E-state index in [0.29, 0.717) is 39.1 Å². The number of nitrogens with one attached hydrogen (secondary N) is 1. The molecule has 4 aromatic carbocycles. The Balaban J connectivity index is 1.10. The number of ether oxygens (including phenoxy) is 6. The number of carbonyl (C=O) groups is 2. The molecule has 2 aliphatic rings. The molecule has 7 rings (SSSR count). The van der Waals surface area contributed by atoms with Crippen molar-refractivity contribution in [3.8, 4) is 35.3 Å². The topological polar surface area (TPSA) is 127 Å². The van der Waals surface area contributed by atoms with Gasteiger partial charge in [0.1, 0.15) is 50.1 Å². The zero-order valence-electron chi connectivity index (χ0n) is 37.8. The van der Waals surface area contributed by atoms with Crippen LogP contribution in [0.5, 0.6) is 23.0 Å². The van der Waals surface area contributed by atoms with E-state index in [1.54, 1.807) is 24.3 Å². The number of alkyl halides is 6. The van der Waals surface area contributed by atoms with Crippen molar-refractivity contribution in [2.75, 3.05) is 31.7 Å². The number of fused-ring (bicyclic) bond motifs is 3. The van der Waals surface area contributed by atoms with Crippen molar-refractivity contribution in [3.05, 3.63) is 116 Å². The Hall–Kier alpha value is -6.64. The van der Waals surface area contributed by atoms with Crippen LogP contribution in [-0.4, -0.2) is 72.9 Å². The fourth-order valence-electron chi connectivity index (χ4n) is 7.35. The first-order valence-corrected chi connectivity index (χ1v) is 21.9. The zero-order valence-corrected chi connectivity index (χ0v) is 39.3. The number of terminal acetylenes is 1. The predicted octanol–water partition coefficient (Wildman–Crippen LogP) is 11.9. The minimum Gasteiger partial charge on any atom is -0.486 e. The van der Waals surface area contributed by atoms with Crippen molar-refractivity contribution in [1.82, 2.24) is 9.97 Å². The summed E-state index contributed by atoms with van der Waals surface area (Å²) < 4.78 is 119. The van der Waals surface area contributed by atoms with Crippen LogP contribution in [0, 0.1) is 12.3 Å². The molecule has 0 bridgehead atoms. The molecule has 0 saturated carbocycles. The van der Waals surface area contributed by atoms with E-state index >= 15 is 0 Å². The van der Waals surface area contributed by atoms with Crippen LogP contribution in [0.2, 0.25) is 10.0 Å². The second kappa shape index (κ2) is 19.4. The summed E-state index contributed by atoms with van der Waals surface area (Å²) >= 11 is 12.9. The van der Waals surface area contributed by atoms with E-state index in [1.807, 2.05) is 41.5 Å². The Labute approximate surface area is 402 Å². The maximum absolute atomic E-state index is 14.3. The molecule has 2 aliphatic heterocycles. The lowest BCUT2D eigenvalue weighted by atomic mass is 9.85. The number of anilines is 2. The van der Waals surface area contributed by atoms with Crippen molar-refractivity contribution in [1.29, 1.82) is 0 Å². The summed E-state index contributed by atoms with van der Waals surface area (Å²) in [5, 5.41) is 4.08. The molecule has 0 spiro atoms. The summed E-state index contributed by atoms with van der Waals surface area (Å²) in [7, 11) is 0. The smallest absolute Gasteiger partial charge is 0.430 e. The minimum atomic E-state index is -5.00. The number of hydrogen-bond acceptors (Lipinski definition) is 11. The predicted molar refractivity (Wildman–Crippen MR) is 247 cm³/mol. The quantitative estimate of drug-likeness (QED) is 0.0555. The molecule has 11 nitrogen and oxygen atoms in total. The lowest BCUT2D eigenvalue weighted by molar-refractivity contribution is -0.188. The first kappa shape index (κ1) is 50.2. The van der Waals surface area contributed by atoms with Gasteiger partial charge >= 0.3 is 24.3 Å². The average molecular weight is 999 g/mol. The molecule has 19 heteroatoms. The van der Waals surface area contributed by atoms with E-state index in [4.69, 9.17) is 58.0 Å². The fraction of sp³-hybridized carbons (Fsp3) is 0.320. The molecule has 69 heavy (non-hydrogen) atoms. The summed E-state index contributed by atoms with van der Waals surface area (Å²) in [4.78, 5) is 35.2. The Kier molecular flexibility index (Phi) is 14.1. The molecule has 2 atom stereocenters. The molecular weight excluding hydrogens is 955 g/mol. The van der Waals surface area contributed by atoms with Gasteiger partial charge in [-0.25, -0.2) is 19.6 Å². The van der Waals surface area contributed by atoms with Gasteiger partial charge in [0.15, 0.2) is 11.5 Å². The fourth-order valence-corrected chi connectivity index (χ4v) is 8.26. The van der Waals surface area contributed by atoms with Crippen LogP contribution in [0.1, 0.15) is 69.4 Å². The Morgan fingerprint density at radius 2 is 1.19 bits per heavy atom. The van der Waals surface area contributed by atoms with Crippen LogP contribution in [-0.2, 0) is 29.9 Å². The van der Waals surface area contributed by atoms with Crippen LogP contribution in [0.25, 0.3) is 23.1 Å². The molecule has 0 amide bonds. The average Bonchev–Trinajstić information content (AvgIpc) is 3.26. The second-order valence-electron chi connectivity index (χ2n) is 17.9. The summed E-state index contributed by atoms with van der Waals surface area (Å²) in [5.74, 6) is -0.0688. The van der Waals surface area contributed by atoms with Crippen molar-refractivity contribution in [2.24, 2.45) is 0 Å². The molecule has 0 saturated heterocycles. The number of hydrogen-bond donors (Lipinski definition) is 1. The van der Waals surface area contributed by atoms with Gasteiger partial charge in [0.25, 0.3) is 0 Å². The number of rotatable bonds is 12. The van der Waals surface area contributed by atoms with E-state index in [9.17, 15) is 35.9 Å². The molecule has 1 N–H and O–H groups in total. The van der Waals surface area contributed by atoms with Crippen molar-refractivity contribution in [2.45, 2.75) is 76.9 Å². The van der Waals surface area contributed by atoms with E-state index in [0.717, 1.165) is 12.2 Å². The highest BCUT2D eigenvalue weighted by Crippen LogP contribution is 2.44. The third-order valence-electron chi connectivity index (χ3n) is 10.7. The van der Waals surface area contributed by atoms with Crippen LogP contribution in [0.15, 0.2) is 78.1 Å². The summed E-state index contributed by atoms with van der Waals surface area (Å²) in [6.07, 6.45) is -6.40. The van der Waals surface area contributed by atoms with Crippen LogP contribution in [0.3, 0.4) is 0 Å². The Morgan fingerprint density at radius 1 is 0.696 bits per heavy atom. The van der Waals surface area contributed by atoms with E-state index in [-0.39, 0.29) is 44.2 Å². The van der Waals surface area contributed by atoms with E-state index in [2.05, 4.69) is 21.2 Å². The van der Waals surface area contributed by atoms with Crippen molar-refractivity contribution >= 4 is 69.7 Å². The van der Waals surface area contributed by atoms with Crippen LogP contribution in [0.4, 0.5) is 37.8 Å². The summed E-state index contributed by atoms with van der Waals surface area (Å²) in [6.45, 7) is 9.05. The Morgan fingerprint density at radius 3 is 1.65 bits per heavy atom. The third kappa shape index (κ3) is 11.5. The number of aromatic nitrogens is 2. The van der Waals surface area contributed by atoms with Gasteiger partial charge in [-0.05, 0) is 82.6 Å². The maximum Gasteiger partial charge on any atom is 0.430 e. The Bertz CT molecular complexity index is 2930. The zero-order chi connectivity index (χ0) is 50.2. The lowest BCUT2D eigenvalue weighted by Gasteiger charge is -2.30. The van der Waals surface area contributed by atoms with Gasteiger partial charge in [0.2, 0.25) is 12.2 Å². The molecule has 1 aromatic heterocycles. The molecule has 5 aromatic rings. The van der Waals surface area contributed by atoms with E-state index < -0.39 is 84.9 Å². The summed E-state index contributed by atoms with van der Waals surface area (Å²) in [5.41, 5.74) is 0.171. The minimum absolute atomic E-state index is 0.0147. The highest BCUT2D eigenvalue weighted by Gasteiger charge is 2.50. The number of nitrogens with zero attached hydrogens (tertiary/aromatic N) is 2. The third-order valence-corrected chi connectivity index (χ3v) is 11.3. The van der Waals surface area contributed by atoms with Crippen molar-refractivity contribution < 1.29 is 64.4 Å². The number of halogens is 8. The first-order chi connectivity index (χ1) is 32.3. The van der Waals surface area contributed by atoms with Gasteiger partial charge < -0.3 is 33.7 Å². The number of esters is 2. The van der Waals surface area contributed by atoms with Crippen molar-refractivity contribution in [3.63, 3.8) is 0 Å². The van der Waals surface area contributed by atoms with Crippen LogP contribution < -0.4 is 24.3 Å². The van der Waals surface area contributed by atoms with E-state index in [1.165, 1.54) is 42.7 Å². The number of carbonyl (C=O) groups excluding carboxylic acids is 2. The van der Waals surface area contributed by atoms with Gasteiger partial charge in [-0.1, -0.05) is 76.7 Å². The largest absolute Gasteiger partial charge is 0.486 e. The number of benzene rings is 4. The van der Waals surface area contributed by atoms with Gasteiger partial charge in [-0.15, -0.1) is 6.42 Å². The molecule has 0 radical (unpaired) electrons. The lowest BCUT2D eigenvalue weighted by Crippen LogP contribution is -2.41. The van der Waals surface area contributed by atoms with Crippen LogP contribution >= 0.6 is 23.2 Å². The normalized spacial score (nSPS) is 15.8. The molecule has 362 valence electrons. The molecule has 0 fully saturated rings.